The highest BCUT2D eigenvalue weighted by Gasteiger charge is 2.33. The predicted octanol–water partition coefficient (Wildman–Crippen LogP) is 2.75. The predicted molar refractivity (Wildman–Crippen MR) is 118 cm³/mol. The number of hydrogen-bond acceptors (Lipinski definition) is 6. The Balaban J connectivity index is 2.10. The summed E-state index contributed by atoms with van der Waals surface area (Å²) in [6.07, 6.45) is 0. The summed E-state index contributed by atoms with van der Waals surface area (Å²) < 4.78 is 4.72. The molecule has 0 radical (unpaired) electrons. The lowest BCUT2D eigenvalue weighted by molar-refractivity contribution is -0.123. The Morgan fingerprint density at radius 3 is 2.22 bits per heavy atom. The topological polar surface area (TPSA) is 115 Å². The maximum Gasteiger partial charge on any atom is 0.356 e. The molecule has 32 heavy (non-hydrogen) atoms. The van der Waals surface area contributed by atoms with Crippen LogP contribution in [0.2, 0.25) is 0 Å². The van der Waals surface area contributed by atoms with Crippen molar-refractivity contribution in [2.24, 2.45) is 5.73 Å². The van der Waals surface area contributed by atoms with E-state index < -0.39 is 23.8 Å². The summed E-state index contributed by atoms with van der Waals surface area (Å²) in [6, 6.07) is 16.0. The van der Waals surface area contributed by atoms with Crippen molar-refractivity contribution in [2.45, 2.75) is 26.4 Å². The number of nitrogens with zero attached hydrogens (tertiary/aromatic N) is 3. The fraction of sp³-hybridized carbons (Fsp3) is 0.208. The lowest BCUT2D eigenvalue weighted by atomic mass is 10.1. The van der Waals surface area contributed by atoms with E-state index in [0.717, 1.165) is 11.1 Å². The molecule has 1 atom stereocenters. The first-order chi connectivity index (χ1) is 15.3. The van der Waals surface area contributed by atoms with Gasteiger partial charge in [-0.05, 0) is 43.7 Å². The average molecular weight is 432 g/mol. The third-order valence-corrected chi connectivity index (χ3v) is 4.87. The Labute approximate surface area is 186 Å². The summed E-state index contributed by atoms with van der Waals surface area (Å²) in [5.41, 5.74) is 8.60. The molecule has 0 saturated carbocycles. The second-order valence-electron chi connectivity index (χ2n) is 7.33. The maximum absolute atomic E-state index is 13.5. The molecule has 3 rings (SSSR count). The van der Waals surface area contributed by atoms with Gasteiger partial charge in [0.25, 0.3) is 5.91 Å². The largest absolute Gasteiger partial charge is 0.464 e. The molecule has 2 aromatic heterocycles. The molecule has 164 valence electrons. The van der Waals surface area contributed by atoms with Crippen molar-refractivity contribution in [3.63, 3.8) is 0 Å². The highest BCUT2D eigenvalue weighted by molar-refractivity contribution is 5.96. The van der Waals surface area contributed by atoms with Gasteiger partial charge >= 0.3 is 5.97 Å². The van der Waals surface area contributed by atoms with Crippen LogP contribution in [-0.2, 0) is 16.1 Å². The van der Waals surface area contributed by atoms with Crippen LogP contribution in [0.4, 0.5) is 0 Å². The van der Waals surface area contributed by atoms with Crippen LogP contribution in [0.3, 0.4) is 0 Å². The summed E-state index contributed by atoms with van der Waals surface area (Å²) in [4.78, 5) is 47.9. The molecule has 0 aliphatic heterocycles. The number of esters is 1. The van der Waals surface area contributed by atoms with Gasteiger partial charge in [-0.15, -0.1) is 0 Å². The number of rotatable bonds is 7. The molecular formula is C24H24N4O4. The van der Waals surface area contributed by atoms with Crippen molar-refractivity contribution in [3.05, 3.63) is 94.6 Å². The van der Waals surface area contributed by atoms with Crippen molar-refractivity contribution >= 4 is 17.8 Å². The molecule has 8 nitrogen and oxygen atoms in total. The molecule has 0 aliphatic rings. The molecule has 0 aliphatic carbocycles. The monoisotopic (exact) mass is 432 g/mol. The second-order valence-corrected chi connectivity index (χ2v) is 7.33. The van der Waals surface area contributed by atoms with E-state index in [1.54, 1.807) is 37.3 Å². The zero-order valence-electron chi connectivity index (χ0n) is 18.1. The van der Waals surface area contributed by atoms with Gasteiger partial charge in [-0.25, -0.2) is 14.8 Å². The number of carbonyl (C=O) groups excluding carboxylic acids is 3. The number of nitrogens with two attached hydrogens (primary N) is 1. The number of aryl methyl sites for hydroxylation is 2. The highest BCUT2D eigenvalue weighted by Crippen LogP contribution is 2.24. The van der Waals surface area contributed by atoms with Crippen LogP contribution in [0.5, 0.6) is 0 Å². The third kappa shape index (κ3) is 5.15. The first-order valence-electron chi connectivity index (χ1n) is 9.95. The van der Waals surface area contributed by atoms with Crippen LogP contribution >= 0.6 is 0 Å². The quantitative estimate of drug-likeness (QED) is 0.574. The summed E-state index contributed by atoms with van der Waals surface area (Å²) >= 11 is 0. The fourth-order valence-electron chi connectivity index (χ4n) is 3.26. The zero-order chi connectivity index (χ0) is 23.3. The molecule has 0 fully saturated rings. The van der Waals surface area contributed by atoms with Crippen LogP contribution in [0, 0.1) is 13.8 Å². The Bertz CT molecular complexity index is 1140. The van der Waals surface area contributed by atoms with Gasteiger partial charge in [-0.3, -0.25) is 9.59 Å². The molecule has 2 heterocycles. The van der Waals surface area contributed by atoms with Gasteiger partial charge in [0.15, 0.2) is 6.04 Å². The van der Waals surface area contributed by atoms with Crippen molar-refractivity contribution in [1.82, 2.24) is 14.9 Å². The molecule has 0 spiro atoms. The van der Waals surface area contributed by atoms with Crippen molar-refractivity contribution in [3.8, 4) is 0 Å². The number of hydrogen-bond donors (Lipinski definition) is 1. The number of amides is 2. The molecule has 3 aromatic rings. The lowest BCUT2D eigenvalue weighted by Gasteiger charge is -2.29. The first kappa shape index (κ1) is 22.6. The summed E-state index contributed by atoms with van der Waals surface area (Å²) in [5.74, 6) is -1.93. The van der Waals surface area contributed by atoms with Crippen molar-refractivity contribution in [2.75, 3.05) is 7.11 Å². The molecule has 0 saturated heterocycles. The van der Waals surface area contributed by atoms with Gasteiger partial charge < -0.3 is 15.4 Å². The van der Waals surface area contributed by atoms with Crippen molar-refractivity contribution < 1.29 is 19.1 Å². The number of methoxy groups -OCH3 is 1. The molecule has 1 unspecified atom stereocenters. The van der Waals surface area contributed by atoms with Crippen LogP contribution in [-0.4, -0.2) is 39.8 Å². The van der Waals surface area contributed by atoms with E-state index in [2.05, 4.69) is 9.97 Å². The minimum Gasteiger partial charge on any atom is -0.464 e. The SMILES string of the molecule is COC(=O)c1cccc(C(C(N)=O)N(Cc2ccc(C)cc2)C(=O)c2cccc(C)n2)n1. The second kappa shape index (κ2) is 9.82. The maximum atomic E-state index is 13.5. The number of primary amides is 1. The highest BCUT2D eigenvalue weighted by atomic mass is 16.5. The normalized spacial score (nSPS) is 11.5. The molecular weight excluding hydrogens is 408 g/mol. The van der Waals surface area contributed by atoms with E-state index >= 15 is 0 Å². The van der Waals surface area contributed by atoms with Crippen molar-refractivity contribution in [1.29, 1.82) is 0 Å². The van der Waals surface area contributed by atoms with Gasteiger partial charge in [-0.1, -0.05) is 42.0 Å². The molecule has 8 heteroatoms. The standard InChI is InChI=1S/C24H24N4O4/c1-15-10-12-17(13-11-15)14-28(23(30)19-8-4-6-16(2)26-19)21(22(25)29)18-7-5-9-20(27-18)24(31)32-3/h4-13,21H,14H2,1-3H3,(H2,25,29). The van der Waals surface area contributed by atoms with E-state index in [4.69, 9.17) is 10.5 Å². The minimum atomic E-state index is -1.23. The van der Waals surface area contributed by atoms with Crippen LogP contribution in [0.25, 0.3) is 0 Å². The lowest BCUT2D eigenvalue weighted by Crippen LogP contribution is -2.42. The van der Waals surface area contributed by atoms with E-state index in [1.165, 1.54) is 18.1 Å². The molecule has 2 N–H and O–H groups in total. The van der Waals surface area contributed by atoms with Gasteiger partial charge in [0.1, 0.15) is 11.4 Å². The van der Waals surface area contributed by atoms with Gasteiger partial charge in [-0.2, -0.15) is 0 Å². The van der Waals surface area contributed by atoms with E-state index in [-0.39, 0.29) is 23.6 Å². The molecule has 2 amide bonds. The molecule has 1 aromatic carbocycles. The Kier molecular flexibility index (Phi) is 6.94. The zero-order valence-corrected chi connectivity index (χ0v) is 18.1. The Hall–Kier alpha value is -4.07. The molecule has 0 bridgehead atoms. The van der Waals surface area contributed by atoms with Crippen LogP contribution < -0.4 is 5.73 Å². The smallest absolute Gasteiger partial charge is 0.356 e. The first-order valence-corrected chi connectivity index (χ1v) is 9.95. The fourth-order valence-corrected chi connectivity index (χ4v) is 3.26. The number of benzene rings is 1. The number of aromatic nitrogens is 2. The van der Waals surface area contributed by atoms with Gasteiger partial charge in [0.05, 0.1) is 12.8 Å². The third-order valence-electron chi connectivity index (χ3n) is 4.87. The van der Waals surface area contributed by atoms with Gasteiger partial charge in [0.2, 0.25) is 5.91 Å². The van der Waals surface area contributed by atoms with Crippen LogP contribution in [0.15, 0.2) is 60.7 Å². The minimum absolute atomic E-state index is 0.00710. The van der Waals surface area contributed by atoms with E-state index in [1.807, 2.05) is 31.2 Å². The Morgan fingerprint density at radius 1 is 0.938 bits per heavy atom. The summed E-state index contributed by atoms with van der Waals surface area (Å²) in [5, 5.41) is 0. The van der Waals surface area contributed by atoms with Crippen LogP contribution in [0.1, 0.15) is 49.5 Å². The number of pyridine rings is 2. The summed E-state index contributed by atoms with van der Waals surface area (Å²) in [6.45, 7) is 3.82. The number of carbonyl (C=O) groups is 3. The average Bonchev–Trinajstić information content (AvgIpc) is 2.79. The number of ether oxygens (including phenoxy) is 1. The summed E-state index contributed by atoms with van der Waals surface area (Å²) in [7, 11) is 1.24. The van der Waals surface area contributed by atoms with Gasteiger partial charge in [0, 0.05) is 12.2 Å². The Morgan fingerprint density at radius 2 is 1.59 bits per heavy atom. The van der Waals surface area contributed by atoms with E-state index in [9.17, 15) is 14.4 Å². The van der Waals surface area contributed by atoms with E-state index in [0.29, 0.717) is 5.69 Å².